The van der Waals surface area contributed by atoms with Gasteiger partial charge in [-0.25, -0.2) is 8.42 Å². The monoisotopic (exact) mass is 380 g/mol. The molecule has 3 aliphatic heterocycles. The molecule has 4 rings (SSSR count). The molecule has 1 aromatic carbocycles. The van der Waals surface area contributed by atoms with E-state index in [0.717, 1.165) is 11.3 Å². The Hall–Kier alpha value is -1.64. The summed E-state index contributed by atoms with van der Waals surface area (Å²) in [6.07, 6.45) is 0.549. The van der Waals surface area contributed by atoms with Gasteiger partial charge in [0.2, 0.25) is 15.9 Å². The molecule has 1 spiro atoms. The van der Waals surface area contributed by atoms with Gasteiger partial charge in [-0.2, -0.15) is 4.31 Å². The molecule has 3 aliphatic rings. The van der Waals surface area contributed by atoms with Gasteiger partial charge in [0.15, 0.2) is 0 Å². The molecule has 3 saturated heterocycles. The van der Waals surface area contributed by atoms with E-state index < -0.39 is 20.9 Å². The van der Waals surface area contributed by atoms with Crippen LogP contribution in [0.25, 0.3) is 0 Å². The van der Waals surface area contributed by atoms with Gasteiger partial charge in [0.1, 0.15) is 16.6 Å². The van der Waals surface area contributed by atoms with Gasteiger partial charge in [-0.05, 0) is 24.1 Å². The highest BCUT2D eigenvalue weighted by atomic mass is 32.2. The predicted octanol–water partition coefficient (Wildman–Crippen LogP) is 0.641. The zero-order valence-electron chi connectivity index (χ0n) is 15.1. The Morgan fingerprint density at radius 2 is 2.19 bits per heavy atom. The van der Waals surface area contributed by atoms with E-state index in [9.17, 15) is 13.2 Å². The maximum absolute atomic E-state index is 12.9. The van der Waals surface area contributed by atoms with Crippen LogP contribution in [0.2, 0.25) is 0 Å². The van der Waals surface area contributed by atoms with Crippen molar-refractivity contribution in [1.82, 2.24) is 9.21 Å². The summed E-state index contributed by atoms with van der Waals surface area (Å²) in [4.78, 5) is 14.6. The third-order valence-corrected chi connectivity index (χ3v) is 8.15. The fourth-order valence-corrected chi connectivity index (χ4v) is 6.82. The number of benzene rings is 1. The quantitative estimate of drug-likeness (QED) is 0.766. The number of hydrogen-bond acceptors (Lipinski definition) is 5. The molecule has 3 heterocycles. The highest BCUT2D eigenvalue weighted by Crippen LogP contribution is 2.46. The van der Waals surface area contributed by atoms with Crippen molar-refractivity contribution in [1.29, 1.82) is 0 Å². The van der Waals surface area contributed by atoms with Gasteiger partial charge >= 0.3 is 0 Å². The first kappa shape index (κ1) is 17.8. The molecule has 0 saturated carbocycles. The predicted molar refractivity (Wildman–Crippen MR) is 95.5 cm³/mol. The molecule has 3 fully saturated rings. The van der Waals surface area contributed by atoms with Gasteiger partial charge in [0, 0.05) is 19.6 Å². The third-order valence-electron chi connectivity index (χ3n) is 5.71. The Kier molecular flexibility index (Phi) is 4.24. The molecular formula is C18H24N2O5S. The maximum Gasteiger partial charge on any atom is 0.227 e. The van der Waals surface area contributed by atoms with E-state index in [4.69, 9.17) is 9.47 Å². The molecule has 8 heteroatoms. The third kappa shape index (κ3) is 2.71. The summed E-state index contributed by atoms with van der Waals surface area (Å²) in [5.41, 5.74) is 0.110. The van der Waals surface area contributed by atoms with Crippen molar-refractivity contribution >= 4 is 15.9 Å². The lowest BCUT2D eigenvalue weighted by atomic mass is 9.99. The van der Waals surface area contributed by atoms with Crippen LogP contribution in [-0.2, 0) is 26.0 Å². The molecule has 1 amide bonds. The summed E-state index contributed by atoms with van der Waals surface area (Å²) >= 11 is 0. The molecule has 2 bridgehead atoms. The van der Waals surface area contributed by atoms with Crippen LogP contribution in [-0.4, -0.2) is 73.8 Å². The Bertz CT molecular complexity index is 827. The minimum atomic E-state index is -3.34. The van der Waals surface area contributed by atoms with Gasteiger partial charge in [0.05, 0.1) is 26.2 Å². The van der Waals surface area contributed by atoms with Gasteiger partial charge < -0.3 is 14.4 Å². The van der Waals surface area contributed by atoms with E-state index in [0.29, 0.717) is 32.6 Å². The molecule has 142 valence electrons. The fourth-order valence-electron chi connectivity index (χ4n) is 4.49. The number of morpholine rings is 1. The SMILES string of the molecule is CCN1C[C@@]23CN(C(=O)Cc4cccc(OC)c4)C[C@@H](C[C@@H]2S1(=O)=O)O3. The van der Waals surface area contributed by atoms with Crippen LogP contribution in [0, 0.1) is 0 Å². The Labute approximate surface area is 153 Å². The van der Waals surface area contributed by atoms with E-state index in [1.807, 2.05) is 31.2 Å². The molecule has 0 aromatic heterocycles. The molecule has 0 unspecified atom stereocenters. The maximum atomic E-state index is 12.9. The van der Waals surface area contributed by atoms with Crippen molar-refractivity contribution in [3.8, 4) is 5.75 Å². The minimum absolute atomic E-state index is 0.000996. The summed E-state index contributed by atoms with van der Waals surface area (Å²) in [6.45, 7) is 3.42. The molecule has 0 N–H and O–H groups in total. The van der Waals surface area contributed by atoms with Gasteiger partial charge in [0.25, 0.3) is 0 Å². The summed E-state index contributed by atoms with van der Waals surface area (Å²) in [6, 6.07) is 7.46. The number of carbonyl (C=O) groups is 1. The second-order valence-corrected chi connectivity index (χ2v) is 9.42. The Balaban J connectivity index is 1.53. The van der Waals surface area contributed by atoms with Gasteiger partial charge in [-0.15, -0.1) is 0 Å². The smallest absolute Gasteiger partial charge is 0.227 e. The van der Waals surface area contributed by atoms with Crippen molar-refractivity contribution < 1.29 is 22.7 Å². The number of sulfonamides is 1. The first-order chi connectivity index (χ1) is 12.4. The van der Waals surface area contributed by atoms with Crippen molar-refractivity contribution in [2.75, 3.05) is 33.3 Å². The number of rotatable bonds is 4. The van der Waals surface area contributed by atoms with Crippen LogP contribution >= 0.6 is 0 Å². The summed E-state index contributed by atoms with van der Waals surface area (Å²) in [7, 11) is -1.74. The lowest BCUT2D eigenvalue weighted by Crippen LogP contribution is -2.56. The van der Waals surface area contributed by atoms with Crippen LogP contribution in [0.3, 0.4) is 0 Å². The summed E-state index contributed by atoms with van der Waals surface area (Å²) < 4.78 is 38.2. The standard InChI is InChI=1S/C18H24N2O5S/c1-3-20-12-18-11-19(10-15(25-18)9-16(18)26(20,22)23)17(21)8-13-5-4-6-14(7-13)24-2/h4-7,15-16H,3,8-12H2,1-2H3/t15-,16+,18+/m1/s1. The van der Waals surface area contributed by atoms with Crippen LogP contribution in [0.15, 0.2) is 24.3 Å². The molecule has 26 heavy (non-hydrogen) atoms. The second kappa shape index (κ2) is 6.21. The van der Waals surface area contributed by atoms with Crippen LogP contribution in [0.5, 0.6) is 5.75 Å². The zero-order valence-corrected chi connectivity index (χ0v) is 15.9. The second-order valence-electron chi connectivity index (χ2n) is 7.30. The summed E-state index contributed by atoms with van der Waals surface area (Å²) in [5.74, 6) is 0.718. The van der Waals surface area contributed by atoms with Gasteiger partial charge in [-0.3, -0.25) is 4.79 Å². The van der Waals surface area contributed by atoms with E-state index in [2.05, 4.69) is 0 Å². The molecule has 0 radical (unpaired) electrons. The highest BCUT2D eigenvalue weighted by Gasteiger charge is 2.65. The van der Waals surface area contributed by atoms with Crippen LogP contribution < -0.4 is 4.74 Å². The number of amides is 1. The Morgan fingerprint density at radius 1 is 1.38 bits per heavy atom. The summed E-state index contributed by atoms with van der Waals surface area (Å²) in [5, 5.41) is -0.533. The zero-order chi connectivity index (χ0) is 18.5. The Morgan fingerprint density at radius 3 is 2.92 bits per heavy atom. The van der Waals surface area contributed by atoms with Gasteiger partial charge in [-0.1, -0.05) is 19.1 Å². The van der Waals surface area contributed by atoms with Crippen molar-refractivity contribution in [3.05, 3.63) is 29.8 Å². The first-order valence-electron chi connectivity index (χ1n) is 8.95. The van der Waals surface area contributed by atoms with Crippen molar-refractivity contribution in [3.63, 3.8) is 0 Å². The van der Waals surface area contributed by atoms with Crippen molar-refractivity contribution in [2.24, 2.45) is 0 Å². The largest absolute Gasteiger partial charge is 0.497 e. The average Bonchev–Trinajstić information content (AvgIpc) is 3.00. The number of likely N-dealkylation sites (tertiary alicyclic amines) is 1. The molecule has 3 atom stereocenters. The number of carbonyl (C=O) groups excluding carboxylic acids is 1. The molecular weight excluding hydrogens is 356 g/mol. The number of likely N-dealkylation sites (N-methyl/N-ethyl adjacent to an activating group) is 1. The molecule has 0 aliphatic carbocycles. The van der Waals surface area contributed by atoms with E-state index in [1.54, 1.807) is 12.0 Å². The lowest BCUT2D eigenvalue weighted by molar-refractivity contribution is -0.150. The van der Waals surface area contributed by atoms with Crippen molar-refractivity contribution in [2.45, 2.75) is 36.7 Å². The lowest BCUT2D eigenvalue weighted by Gasteiger charge is -2.39. The topological polar surface area (TPSA) is 76.2 Å². The average molecular weight is 380 g/mol. The highest BCUT2D eigenvalue weighted by molar-refractivity contribution is 7.90. The number of nitrogens with zero attached hydrogens (tertiary/aromatic N) is 2. The van der Waals surface area contributed by atoms with Crippen LogP contribution in [0.1, 0.15) is 18.9 Å². The normalized spacial score (nSPS) is 32.5. The number of methoxy groups -OCH3 is 1. The number of fused-ring (bicyclic) bond motifs is 1. The fraction of sp³-hybridized carbons (Fsp3) is 0.611. The minimum Gasteiger partial charge on any atom is -0.497 e. The van der Waals surface area contributed by atoms with E-state index in [1.165, 1.54) is 4.31 Å². The first-order valence-corrected chi connectivity index (χ1v) is 10.5. The molecule has 7 nitrogen and oxygen atoms in total. The van der Waals surface area contributed by atoms with E-state index in [-0.39, 0.29) is 18.4 Å². The van der Waals surface area contributed by atoms with Crippen LogP contribution in [0.4, 0.5) is 0 Å². The number of hydrogen-bond donors (Lipinski definition) is 0. The number of ether oxygens (including phenoxy) is 2. The molecule has 1 aromatic rings. The van der Waals surface area contributed by atoms with E-state index >= 15 is 0 Å².